The van der Waals surface area contributed by atoms with Gasteiger partial charge in [-0.05, 0) is 26.0 Å². The number of methoxy groups -OCH3 is 1. The molecule has 3 N–H and O–H groups in total. The van der Waals surface area contributed by atoms with Crippen molar-refractivity contribution in [1.29, 1.82) is 0 Å². The van der Waals surface area contributed by atoms with Crippen molar-refractivity contribution in [3.8, 4) is 5.75 Å². The second kappa shape index (κ2) is 6.32. The zero-order valence-corrected chi connectivity index (χ0v) is 12.8. The lowest BCUT2D eigenvalue weighted by Gasteiger charge is -2.37. The molecule has 0 aliphatic carbocycles. The second-order valence-electron chi connectivity index (χ2n) is 5.83. The number of morpholine rings is 1. The van der Waals surface area contributed by atoms with Gasteiger partial charge in [0.25, 0.3) is 0 Å². The van der Waals surface area contributed by atoms with Gasteiger partial charge < -0.3 is 20.5 Å². The molecule has 1 aliphatic rings. The summed E-state index contributed by atoms with van der Waals surface area (Å²) in [6.45, 7) is 6.53. The lowest BCUT2D eigenvalue weighted by molar-refractivity contribution is -0.122. The van der Waals surface area contributed by atoms with Crippen molar-refractivity contribution in [2.24, 2.45) is 0 Å². The van der Waals surface area contributed by atoms with Crippen LogP contribution in [0.5, 0.6) is 5.75 Å². The van der Waals surface area contributed by atoms with Crippen molar-refractivity contribution in [2.75, 3.05) is 44.4 Å². The average Bonchev–Trinajstić information content (AvgIpc) is 2.39. The number of carbonyl (C=O) groups excluding carboxylic acids is 1. The molecule has 0 aromatic heterocycles. The Morgan fingerprint density at radius 2 is 2.29 bits per heavy atom. The molecular formula is C15H23N3O3. The number of nitrogens with one attached hydrogen (secondary N) is 1. The topological polar surface area (TPSA) is 76.8 Å². The van der Waals surface area contributed by atoms with E-state index in [1.165, 1.54) is 0 Å². The number of carbonyl (C=O) groups is 1. The fourth-order valence-electron chi connectivity index (χ4n) is 2.45. The predicted octanol–water partition coefficient (Wildman–Crippen LogP) is 1.33. The van der Waals surface area contributed by atoms with Gasteiger partial charge in [-0.1, -0.05) is 0 Å². The van der Waals surface area contributed by atoms with Gasteiger partial charge in [-0.2, -0.15) is 0 Å². The molecule has 0 atom stereocenters. The standard InChI is InChI=1S/C15H23N3O3/c1-15(2)10-18(6-7-21-15)9-14(19)17-12-5-4-11(16)8-13(12)20-3/h4-5,8H,6-7,9-10,16H2,1-3H3,(H,17,19). The molecule has 1 saturated heterocycles. The van der Waals surface area contributed by atoms with E-state index in [0.717, 1.165) is 13.1 Å². The van der Waals surface area contributed by atoms with Crippen molar-refractivity contribution in [2.45, 2.75) is 19.4 Å². The quantitative estimate of drug-likeness (QED) is 0.819. The third-order valence-corrected chi connectivity index (χ3v) is 3.37. The second-order valence-corrected chi connectivity index (χ2v) is 5.83. The molecule has 1 aromatic rings. The number of nitrogens with two attached hydrogens (primary N) is 1. The van der Waals surface area contributed by atoms with Gasteiger partial charge in [0, 0.05) is 24.8 Å². The Labute approximate surface area is 125 Å². The average molecular weight is 293 g/mol. The van der Waals surface area contributed by atoms with Crippen LogP contribution < -0.4 is 15.8 Å². The summed E-state index contributed by atoms with van der Waals surface area (Å²) in [4.78, 5) is 14.3. The Bertz CT molecular complexity index is 517. The minimum atomic E-state index is -0.211. The van der Waals surface area contributed by atoms with E-state index in [1.54, 1.807) is 25.3 Å². The number of nitrogen functional groups attached to an aromatic ring is 1. The van der Waals surface area contributed by atoms with Crippen LogP contribution in [-0.2, 0) is 9.53 Å². The van der Waals surface area contributed by atoms with Gasteiger partial charge in [0.1, 0.15) is 5.75 Å². The molecule has 0 bridgehead atoms. The molecule has 1 aromatic carbocycles. The Balaban J connectivity index is 1.96. The number of ether oxygens (including phenoxy) is 2. The third-order valence-electron chi connectivity index (χ3n) is 3.37. The van der Waals surface area contributed by atoms with Gasteiger partial charge in [0.05, 0.1) is 31.5 Å². The maximum Gasteiger partial charge on any atom is 0.238 e. The number of anilines is 2. The molecular weight excluding hydrogens is 270 g/mol. The lowest BCUT2D eigenvalue weighted by atomic mass is 10.1. The molecule has 0 spiro atoms. The van der Waals surface area contributed by atoms with Crippen LogP contribution in [0.25, 0.3) is 0 Å². The largest absolute Gasteiger partial charge is 0.494 e. The summed E-state index contributed by atoms with van der Waals surface area (Å²) in [5.41, 5.74) is 6.71. The van der Waals surface area contributed by atoms with Crippen molar-refractivity contribution >= 4 is 17.3 Å². The molecule has 21 heavy (non-hydrogen) atoms. The Hall–Kier alpha value is -1.79. The molecule has 6 heteroatoms. The summed E-state index contributed by atoms with van der Waals surface area (Å²) >= 11 is 0. The first-order valence-corrected chi connectivity index (χ1v) is 6.99. The highest BCUT2D eigenvalue weighted by molar-refractivity contribution is 5.94. The predicted molar refractivity (Wildman–Crippen MR) is 82.5 cm³/mol. The van der Waals surface area contributed by atoms with Crippen molar-refractivity contribution in [3.63, 3.8) is 0 Å². The highest BCUT2D eigenvalue weighted by Gasteiger charge is 2.28. The number of hydrogen-bond donors (Lipinski definition) is 2. The zero-order chi connectivity index (χ0) is 15.5. The van der Waals surface area contributed by atoms with Gasteiger partial charge in [-0.25, -0.2) is 0 Å². The summed E-state index contributed by atoms with van der Waals surface area (Å²) in [5, 5.41) is 2.86. The normalized spacial score (nSPS) is 18.2. The molecule has 1 aliphatic heterocycles. The minimum absolute atomic E-state index is 0.0734. The molecule has 6 nitrogen and oxygen atoms in total. The van der Waals surface area contributed by atoms with Crippen LogP contribution in [0.1, 0.15) is 13.8 Å². The van der Waals surface area contributed by atoms with Gasteiger partial charge in [-0.3, -0.25) is 9.69 Å². The van der Waals surface area contributed by atoms with Crippen LogP contribution in [-0.4, -0.2) is 49.8 Å². The van der Waals surface area contributed by atoms with Crippen molar-refractivity contribution in [3.05, 3.63) is 18.2 Å². The van der Waals surface area contributed by atoms with Crippen LogP contribution in [0.2, 0.25) is 0 Å². The monoisotopic (exact) mass is 293 g/mol. The molecule has 1 heterocycles. The first kappa shape index (κ1) is 15.6. The summed E-state index contributed by atoms with van der Waals surface area (Å²) in [5.74, 6) is 0.487. The van der Waals surface area contributed by atoms with E-state index in [-0.39, 0.29) is 11.5 Å². The fourth-order valence-corrected chi connectivity index (χ4v) is 2.45. The van der Waals surface area contributed by atoms with E-state index in [1.807, 2.05) is 13.8 Å². The Morgan fingerprint density at radius 3 is 2.95 bits per heavy atom. The molecule has 1 fully saturated rings. The van der Waals surface area contributed by atoms with Crippen LogP contribution in [0.15, 0.2) is 18.2 Å². The smallest absolute Gasteiger partial charge is 0.238 e. The van der Waals surface area contributed by atoms with Crippen molar-refractivity contribution in [1.82, 2.24) is 4.90 Å². The summed E-state index contributed by atoms with van der Waals surface area (Å²) in [6.07, 6.45) is 0. The maximum atomic E-state index is 12.2. The highest BCUT2D eigenvalue weighted by atomic mass is 16.5. The van der Waals surface area contributed by atoms with Crippen LogP contribution in [0.3, 0.4) is 0 Å². The molecule has 0 unspecified atom stereocenters. The first-order valence-electron chi connectivity index (χ1n) is 6.99. The number of benzene rings is 1. The summed E-state index contributed by atoms with van der Waals surface area (Å²) in [6, 6.07) is 5.17. The maximum absolute atomic E-state index is 12.2. The van der Waals surface area contributed by atoms with E-state index in [2.05, 4.69) is 10.2 Å². The van der Waals surface area contributed by atoms with Crippen LogP contribution in [0, 0.1) is 0 Å². The third kappa shape index (κ3) is 4.34. The van der Waals surface area contributed by atoms with Gasteiger partial charge in [0.2, 0.25) is 5.91 Å². The molecule has 0 saturated carbocycles. The molecule has 2 rings (SSSR count). The highest BCUT2D eigenvalue weighted by Crippen LogP contribution is 2.26. The lowest BCUT2D eigenvalue weighted by Crippen LogP contribution is -2.50. The Morgan fingerprint density at radius 1 is 1.52 bits per heavy atom. The molecule has 1 amide bonds. The van der Waals surface area contributed by atoms with Gasteiger partial charge >= 0.3 is 0 Å². The van der Waals surface area contributed by atoms with E-state index < -0.39 is 0 Å². The van der Waals surface area contributed by atoms with Gasteiger partial charge in [0.15, 0.2) is 0 Å². The zero-order valence-electron chi connectivity index (χ0n) is 12.8. The summed E-state index contributed by atoms with van der Waals surface area (Å²) in [7, 11) is 1.55. The fraction of sp³-hybridized carbons (Fsp3) is 0.533. The SMILES string of the molecule is COc1cc(N)ccc1NC(=O)CN1CCOC(C)(C)C1. The van der Waals surface area contributed by atoms with E-state index in [9.17, 15) is 4.79 Å². The Kier molecular flexibility index (Phi) is 4.69. The van der Waals surface area contributed by atoms with Crippen LogP contribution >= 0.6 is 0 Å². The molecule has 0 radical (unpaired) electrons. The number of nitrogens with zero attached hydrogens (tertiary/aromatic N) is 1. The van der Waals surface area contributed by atoms with Crippen LogP contribution in [0.4, 0.5) is 11.4 Å². The minimum Gasteiger partial charge on any atom is -0.494 e. The number of hydrogen-bond acceptors (Lipinski definition) is 5. The van der Waals surface area contributed by atoms with Crippen molar-refractivity contribution < 1.29 is 14.3 Å². The first-order chi connectivity index (χ1) is 9.89. The van der Waals surface area contributed by atoms with E-state index >= 15 is 0 Å². The van der Waals surface area contributed by atoms with E-state index in [4.69, 9.17) is 15.2 Å². The van der Waals surface area contributed by atoms with Gasteiger partial charge in [-0.15, -0.1) is 0 Å². The van der Waals surface area contributed by atoms with E-state index in [0.29, 0.717) is 30.3 Å². The summed E-state index contributed by atoms with van der Waals surface area (Å²) < 4.78 is 10.9. The number of amides is 1. The number of rotatable bonds is 4. The molecule has 116 valence electrons.